The van der Waals surface area contributed by atoms with Gasteiger partial charge in [-0.25, -0.2) is 0 Å². The van der Waals surface area contributed by atoms with Crippen molar-refractivity contribution in [3.05, 3.63) is 23.8 Å². The molecule has 1 aromatic carbocycles. The first-order valence-corrected chi connectivity index (χ1v) is 8.92. The van der Waals surface area contributed by atoms with Gasteiger partial charge in [-0.15, -0.1) is 6.42 Å². The Morgan fingerprint density at radius 2 is 2.06 bits per heavy atom. The quantitative estimate of drug-likeness (QED) is 0.471. The molecule has 0 saturated carbocycles. The van der Waals surface area contributed by atoms with E-state index in [9.17, 15) is 5.11 Å². The molecule has 0 unspecified atom stereocenters. The van der Waals surface area contributed by atoms with Gasteiger partial charge in [0.2, 0.25) is 0 Å². The van der Waals surface area contributed by atoms with E-state index >= 15 is 0 Å². The molecule has 3 heteroatoms. The van der Waals surface area contributed by atoms with Crippen molar-refractivity contribution in [3.63, 3.8) is 0 Å². The van der Waals surface area contributed by atoms with Gasteiger partial charge in [0.1, 0.15) is 5.75 Å². The maximum absolute atomic E-state index is 10.2. The van der Waals surface area contributed by atoms with Crippen molar-refractivity contribution in [1.29, 1.82) is 0 Å². The van der Waals surface area contributed by atoms with Crippen molar-refractivity contribution in [1.82, 2.24) is 5.32 Å². The predicted octanol–water partition coefficient (Wildman–Crippen LogP) is 1.66. The number of rotatable bonds is 4. The van der Waals surface area contributed by atoms with Crippen molar-refractivity contribution in [3.8, 4) is 18.1 Å². The maximum atomic E-state index is 10.2. The van der Waals surface area contributed by atoms with Gasteiger partial charge in [0.05, 0.1) is 14.6 Å². The fraction of sp³-hybridized carbons (Fsp3) is 0.385. The first-order valence-electron chi connectivity index (χ1n) is 5.42. The highest BCUT2D eigenvalue weighted by molar-refractivity contribution is 6.89. The Kier molecular flexibility index (Phi) is 4.16. The molecule has 2 N–H and O–H groups in total. The Labute approximate surface area is 98.7 Å². The summed E-state index contributed by atoms with van der Waals surface area (Å²) >= 11 is 0. The zero-order valence-electron chi connectivity index (χ0n) is 10.2. The lowest BCUT2D eigenvalue weighted by molar-refractivity contribution is 0.469. The van der Waals surface area contributed by atoms with Crippen LogP contribution in [0.3, 0.4) is 0 Å². The van der Waals surface area contributed by atoms with E-state index in [0.29, 0.717) is 18.8 Å². The fourth-order valence-corrected chi connectivity index (χ4v) is 3.08. The third-order valence-corrected chi connectivity index (χ3v) is 4.49. The van der Waals surface area contributed by atoms with E-state index < -0.39 is 8.07 Å². The topological polar surface area (TPSA) is 32.3 Å². The van der Waals surface area contributed by atoms with Gasteiger partial charge in [0.25, 0.3) is 0 Å². The summed E-state index contributed by atoms with van der Waals surface area (Å²) in [7, 11) is -1.47. The van der Waals surface area contributed by atoms with Crippen LogP contribution in [0.5, 0.6) is 5.75 Å². The van der Waals surface area contributed by atoms with Crippen LogP contribution in [0.15, 0.2) is 18.2 Å². The number of phenolic OH excluding ortho intramolecular Hbond substituents is 1. The summed E-state index contributed by atoms with van der Waals surface area (Å²) < 4.78 is 0. The lowest BCUT2D eigenvalue weighted by Gasteiger charge is -2.20. The molecule has 0 saturated heterocycles. The molecule has 1 rings (SSSR count). The Hall–Kier alpha value is -1.24. The molecular formula is C13H19NOSi. The van der Waals surface area contributed by atoms with Crippen LogP contribution in [0.4, 0.5) is 0 Å². The molecule has 2 nitrogen and oxygen atoms in total. The molecule has 86 valence electrons. The molecule has 0 amide bonds. The Balaban J connectivity index is 2.92. The van der Waals surface area contributed by atoms with Gasteiger partial charge in [-0.2, -0.15) is 0 Å². The summed E-state index contributed by atoms with van der Waals surface area (Å²) in [6, 6.07) is 5.95. The lowest BCUT2D eigenvalue weighted by Crippen LogP contribution is -2.38. The minimum absolute atomic E-state index is 0.436. The monoisotopic (exact) mass is 233 g/mol. The number of benzene rings is 1. The minimum atomic E-state index is -1.47. The van der Waals surface area contributed by atoms with Gasteiger partial charge in [0, 0.05) is 12.1 Å². The number of phenols is 1. The number of terminal acetylenes is 1. The van der Waals surface area contributed by atoms with Gasteiger partial charge in [-0.3, -0.25) is 0 Å². The van der Waals surface area contributed by atoms with E-state index in [0.717, 1.165) is 10.8 Å². The van der Waals surface area contributed by atoms with Crippen LogP contribution < -0.4 is 10.5 Å². The van der Waals surface area contributed by atoms with E-state index in [2.05, 4.69) is 30.9 Å². The van der Waals surface area contributed by atoms with Gasteiger partial charge >= 0.3 is 0 Å². The number of hydrogen-bond acceptors (Lipinski definition) is 2. The Morgan fingerprint density at radius 1 is 1.38 bits per heavy atom. The average Bonchev–Trinajstić information content (AvgIpc) is 2.19. The largest absolute Gasteiger partial charge is 0.508 e. The minimum Gasteiger partial charge on any atom is -0.508 e. The fourth-order valence-electron chi connectivity index (χ4n) is 1.61. The summed E-state index contributed by atoms with van der Waals surface area (Å²) in [6.07, 6.45) is 5.16. The highest BCUT2D eigenvalue weighted by Crippen LogP contribution is 2.18. The molecule has 0 aliphatic heterocycles. The van der Waals surface area contributed by atoms with Crippen LogP contribution in [0.1, 0.15) is 5.56 Å². The second kappa shape index (κ2) is 5.20. The van der Waals surface area contributed by atoms with Gasteiger partial charge in [-0.1, -0.05) is 43.8 Å². The summed E-state index contributed by atoms with van der Waals surface area (Å²) in [5.41, 5.74) is 0.926. The third-order valence-electron chi connectivity index (χ3n) is 2.47. The van der Waals surface area contributed by atoms with E-state index in [1.54, 1.807) is 0 Å². The van der Waals surface area contributed by atoms with E-state index in [1.165, 1.54) is 0 Å². The summed E-state index contributed by atoms with van der Waals surface area (Å²) in [5, 5.41) is 14.4. The molecule has 16 heavy (non-hydrogen) atoms. The molecule has 0 spiro atoms. The molecule has 0 fully saturated rings. The summed E-state index contributed by atoms with van der Waals surface area (Å²) in [4.78, 5) is 0. The van der Waals surface area contributed by atoms with Crippen molar-refractivity contribution >= 4 is 13.3 Å². The van der Waals surface area contributed by atoms with Gasteiger partial charge in [0.15, 0.2) is 0 Å². The van der Waals surface area contributed by atoms with Crippen LogP contribution in [0.25, 0.3) is 0 Å². The summed E-state index contributed by atoms with van der Waals surface area (Å²) in [6.45, 7) is 7.81. The molecule has 0 heterocycles. The van der Waals surface area contributed by atoms with Crippen molar-refractivity contribution in [2.45, 2.75) is 26.2 Å². The Bertz CT molecular complexity index is 401. The highest BCUT2D eigenvalue weighted by atomic mass is 28.3. The van der Waals surface area contributed by atoms with Crippen LogP contribution in [0.2, 0.25) is 19.6 Å². The number of hydrogen-bond donors (Lipinski definition) is 2. The van der Waals surface area contributed by atoms with E-state index in [4.69, 9.17) is 6.42 Å². The van der Waals surface area contributed by atoms with Crippen molar-refractivity contribution < 1.29 is 5.11 Å². The number of para-hydroxylation sites is 1. The average molecular weight is 233 g/mol. The second-order valence-corrected chi connectivity index (χ2v) is 9.91. The molecule has 0 bridgehead atoms. The van der Waals surface area contributed by atoms with Gasteiger partial charge < -0.3 is 10.4 Å². The zero-order valence-corrected chi connectivity index (χ0v) is 11.2. The first kappa shape index (κ1) is 12.8. The number of aromatic hydroxyl groups is 1. The molecule has 0 radical (unpaired) electrons. The van der Waals surface area contributed by atoms with Crippen molar-refractivity contribution in [2.75, 3.05) is 6.54 Å². The molecule has 0 atom stereocenters. The molecule has 0 aliphatic rings. The van der Waals surface area contributed by atoms with Crippen LogP contribution in [-0.2, 0) is 6.54 Å². The second-order valence-electron chi connectivity index (χ2n) is 4.87. The molecule has 0 aliphatic carbocycles. The lowest BCUT2D eigenvalue weighted by atomic mass is 10.2. The SMILES string of the molecule is C#CCNCc1cccc([Si](C)(C)C)c1O. The van der Waals surface area contributed by atoms with E-state index in [-0.39, 0.29) is 0 Å². The van der Waals surface area contributed by atoms with Crippen LogP contribution in [0, 0.1) is 12.3 Å². The molecule has 1 aromatic rings. The third kappa shape index (κ3) is 3.12. The van der Waals surface area contributed by atoms with Crippen LogP contribution >= 0.6 is 0 Å². The highest BCUT2D eigenvalue weighted by Gasteiger charge is 2.21. The standard InChI is InChI=1S/C13H19NOSi/c1-5-9-14-10-11-7-6-8-12(13(11)15)16(2,3)4/h1,6-8,14-15H,9-10H2,2-4H3. The first-order chi connectivity index (χ1) is 7.46. The van der Waals surface area contributed by atoms with Crippen molar-refractivity contribution in [2.24, 2.45) is 0 Å². The Morgan fingerprint density at radius 3 is 2.62 bits per heavy atom. The zero-order chi connectivity index (χ0) is 12.2. The van der Waals surface area contributed by atoms with Crippen LogP contribution in [-0.4, -0.2) is 19.7 Å². The van der Waals surface area contributed by atoms with Gasteiger partial charge in [-0.05, 0) is 5.19 Å². The number of nitrogens with one attached hydrogen (secondary N) is 1. The smallest absolute Gasteiger partial charge is 0.119 e. The maximum Gasteiger partial charge on any atom is 0.119 e. The molecule has 0 aromatic heterocycles. The predicted molar refractivity (Wildman–Crippen MR) is 71.6 cm³/mol. The van der Waals surface area contributed by atoms with E-state index in [1.807, 2.05) is 18.2 Å². The normalized spacial score (nSPS) is 11.1. The summed E-state index contributed by atoms with van der Waals surface area (Å²) in [5.74, 6) is 2.95. The molecular weight excluding hydrogens is 214 g/mol.